The zero-order chi connectivity index (χ0) is 12.1. The fraction of sp³-hybridized carbons (Fsp3) is 0.214. The van der Waals surface area contributed by atoms with Gasteiger partial charge in [0.1, 0.15) is 0 Å². The molecule has 1 N–H and O–H groups in total. The van der Waals surface area contributed by atoms with Gasteiger partial charge >= 0.3 is 0 Å². The SMILES string of the molecule is CCC(Nc1cccc(C#N)c1)c1cccs1. The van der Waals surface area contributed by atoms with Crippen molar-refractivity contribution in [2.75, 3.05) is 5.32 Å². The number of hydrogen-bond donors (Lipinski definition) is 1. The molecule has 17 heavy (non-hydrogen) atoms. The van der Waals surface area contributed by atoms with Crippen LogP contribution < -0.4 is 5.32 Å². The summed E-state index contributed by atoms with van der Waals surface area (Å²) in [5.74, 6) is 0. The second kappa shape index (κ2) is 5.51. The van der Waals surface area contributed by atoms with Gasteiger partial charge in [-0.2, -0.15) is 5.26 Å². The molecule has 2 aromatic rings. The van der Waals surface area contributed by atoms with Gasteiger partial charge in [0, 0.05) is 10.6 Å². The molecule has 0 saturated heterocycles. The van der Waals surface area contributed by atoms with Gasteiger partial charge in [-0.25, -0.2) is 0 Å². The Balaban J connectivity index is 2.16. The molecule has 86 valence electrons. The molecule has 0 aliphatic carbocycles. The summed E-state index contributed by atoms with van der Waals surface area (Å²) in [6.45, 7) is 2.16. The maximum Gasteiger partial charge on any atom is 0.0992 e. The number of benzene rings is 1. The molecule has 0 spiro atoms. The van der Waals surface area contributed by atoms with E-state index >= 15 is 0 Å². The van der Waals surface area contributed by atoms with Crippen molar-refractivity contribution in [2.24, 2.45) is 0 Å². The van der Waals surface area contributed by atoms with Gasteiger partial charge < -0.3 is 5.32 Å². The van der Waals surface area contributed by atoms with Crippen molar-refractivity contribution in [1.29, 1.82) is 5.26 Å². The number of hydrogen-bond acceptors (Lipinski definition) is 3. The van der Waals surface area contributed by atoms with Crippen LogP contribution in [0.5, 0.6) is 0 Å². The number of rotatable bonds is 4. The summed E-state index contributed by atoms with van der Waals surface area (Å²) in [6, 6.07) is 14.3. The topological polar surface area (TPSA) is 35.8 Å². The van der Waals surface area contributed by atoms with E-state index in [9.17, 15) is 0 Å². The van der Waals surface area contributed by atoms with E-state index in [-0.39, 0.29) is 0 Å². The molecule has 1 atom stereocenters. The minimum absolute atomic E-state index is 0.323. The van der Waals surface area contributed by atoms with Gasteiger partial charge in [0.05, 0.1) is 17.7 Å². The Bertz CT molecular complexity index is 511. The van der Waals surface area contributed by atoms with E-state index in [2.05, 4.69) is 35.8 Å². The highest BCUT2D eigenvalue weighted by Crippen LogP contribution is 2.26. The van der Waals surface area contributed by atoms with E-state index in [1.54, 1.807) is 11.3 Å². The second-order valence-electron chi connectivity index (χ2n) is 3.81. The van der Waals surface area contributed by atoms with Crippen molar-refractivity contribution >= 4 is 17.0 Å². The Kier molecular flexibility index (Phi) is 3.79. The van der Waals surface area contributed by atoms with Crippen LogP contribution in [-0.2, 0) is 0 Å². The Morgan fingerprint density at radius 2 is 2.24 bits per heavy atom. The van der Waals surface area contributed by atoms with E-state index in [1.807, 2.05) is 24.3 Å². The summed E-state index contributed by atoms with van der Waals surface area (Å²) in [6.07, 6.45) is 1.03. The molecule has 0 aliphatic rings. The van der Waals surface area contributed by atoms with Crippen LogP contribution in [0.15, 0.2) is 41.8 Å². The summed E-state index contributed by atoms with van der Waals surface area (Å²) in [5.41, 5.74) is 1.69. The van der Waals surface area contributed by atoms with Crippen LogP contribution in [0.25, 0.3) is 0 Å². The molecular weight excluding hydrogens is 228 g/mol. The van der Waals surface area contributed by atoms with Crippen LogP contribution >= 0.6 is 11.3 Å². The number of anilines is 1. The molecule has 1 heterocycles. The third kappa shape index (κ3) is 2.86. The van der Waals surface area contributed by atoms with Crippen LogP contribution in [0, 0.1) is 11.3 Å². The molecule has 3 heteroatoms. The standard InChI is InChI=1S/C14H14N2S/c1-2-13(14-7-4-8-17-14)16-12-6-3-5-11(9-12)10-15/h3-9,13,16H,2H2,1H3. The van der Waals surface area contributed by atoms with Gasteiger partial charge in [-0.1, -0.05) is 19.1 Å². The Labute approximate surface area is 106 Å². The largest absolute Gasteiger partial charge is 0.377 e. The lowest BCUT2D eigenvalue weighted by molar-refractivity contribution is 0.764. The number of thiophene rings is 1. The first-order chi connectivity index (χ1) is 8.33. The highest BCUT2D eigenvalue weighted by Gasteiger charge is 2.09. The minimum atomic E-state index is 0.323. The number of nitriles is 1. The molecule has 1 aromatic carbocycles. The molecule has 2 nitrogen and oxygen atoms in total. The maximum atomic E-state index is 8.86. The Morgan fingerprint density at radius 3 is 2.88 bits per heavy atom. The van der Waals surface area contributed by atoms with Crippen molar-refractivity contribution in [3.8, 4) is 6.07 Å². The van der Waals surface area contributed by atoms with Crippen LogP contribution in [0.2, 0.25) is 0 Å². The predicted octanol–water partition coefficient (Wildman–Crippen LogP) is 4.18. The van der Waals surface area contributed by atoms with Gasteiger partial charge in [0.2, 0.25) is 0 Å². The number of nitrogens with zero attached hydrogens (tertiary/aromatic N) is 1. The van der Waals surface area contributed by atoms with Crippen LogP contribution in [0.4, 0.5) is 5.69 Å². The molecule has 0 bridgehead atoms. The van der Waals surface area contributed by atoms with Crippen molar-refractivity contribution in [2.45, 2.75) is 19.4 Å². The summed E-state index contributed by atoms with van der Waals surface area (Å²) in [7, 11) is 0. The molecule has 0 aliphatic heterocycles. The molecule has 0 radical (unpaired) electrons. The van der Waals surface area contributed by atoms with Gasteiger partial charge in [-0.15, -0.1) is 11.3 Å². The van der Waals surface area contributed by atoms with Crippen molar-refractivity contribution in [3.63, 3.8) is 0 Å². The van der Waals surface area contributed by atoms with Crippen LogP contribution in [0.3, 0.4) is 0 Å². The highest BCUT2D eigenvalue weighted by molar-refractivity contribution is 7.10. The van der Waals surface area contributed by atoms with E-state index in [1.165, 1.54) is 4.88 Å². The zero-order valence-electron chi connectivity index (χ0n) is 9.68. The first kappa shape index (κ1) is 11.7. The average Bonchev–Trinajstić information content (AvgIpc) is 2.90. The first-order valence-corrected chi connectivity index (χ1v) is 6.51. The monoisotopic (exact) mass is 242 g/mol. The van der Waals surface area contributed by atoms with Gasteiger partial charge in [0.15, 0.2) is 0 Å². The molecule has 0 saturated carbocycles. The fourth-order valence-electron chi connectivity index (χ4n) is 1.74. The van der Waals surface area contributed by atoms with E-state index in [0.29, 0.717) is 11.6 Å². The lowest BCUT2D eigenvalue weighted by Gasteiger charge is -2.16. The third-order valence-corrected chi connectivity index (χ3v) is 3.61. The second-order valence-corrected chi connectivity index (χ2v) is 4.79. The van der Waals surface area contributed by atoms with E-state index in [4.69, 9.17) is 5.26 Å². The lowest BCUT2D eigenvalue weighted by atomic mass is 10.1. The fourth-order valence-corrected chi connectivity index (χ4v) is 2.60. The summed E-state index contributed by atoms with van der Waals surface area (Å²) in [5, 5.41) is 14.4. The van der Waals surface area contributed by atoms with Crippen LogP contribution in [-0.4, -0.2) is 0 Å². The smallest absolute Gasteiger partial charge is 0.0992 e. The summed E-state index contributed by atoms with van der Waals surface area (Å²) >= 11 is 1.76. The summed E-state index contributed by atoms with van der Waals surface area (Å²) < 4.78 is 0. The van der Waals surface area contributed by atoms with Gasteiger partial charge in [-0.05, 0) is 36.1 Å². The van der Waals surface area contributed by atoms with Crippen molar-refractivity contribution < 1.29 is 0 Å². The zero-order valence-corrected chi connectivity index (χ0v) is 10.5. The molecule has 0 fully saturated rings. The molecule has 0 amide bonds. The molecule has 1 unspecified atom stereocenters. The van der Waals surface area contributed by atoms with Crippen LogP contribution in [0.1, 0.15) is 29.8 Å². The lowest BCUT2D eigenvalue weighted by Crippen LogP contribution is -2.07. The first-order valence-electron chi connectivity index (χ1n) is 5.63. The quantitative estimate of drug-likeness (QED) is 0.872. The van der Waals surface area contributed by atoms with E-state index in [0.717, 1.165) is 12.1 Å². The summed E-state index contributed by atoms with van der Waals surface area (Å²) in [4.78, 5) is 1.33. The predicted molar refractivity (Wildman–Crippen MR) is 72.1 cm³/mol. The van der Waals surface area contributed by atoms with Gasteiger partial charge in [0.25, 0.3) is 0 Å². The molecular formula is C14H14N2S. The van der Waals surface area contributed by atoms with Crippen molar-refractivity contribution in [1.82, 2.24) is 0 Å². The Hall–Kier alpha value is -1.79. The maximum absolute atomic E-state index is 8.86. The van der Waals surface area contributed by atoms with E-state index < -0.39 is 0 Å². The molecule has 1 aromatic heterocycles. The van der Waals surface area contributed by atoms with Crippen molar-refractivity contribution in [3.05, 3.63) is 52.2 Å². The Morgan fingerprint density at radius 1 is 1.35 bits per heavy atom. The molecule has 2 rings (SSSR count). The minimum Gasteiger partial charge on any atom is -0.377 e. The normalized spacial score (nSPS) is 11.8. The average molecular weight is 242 g/mol. The number of nitrogens with one attached hydrogen (secondary N) is 1. The highest BCUT2D eigenvalue weighted by atomic mass is 32.1. The third-order valence-electron chi connectivity index (χ3n) is 2.63. The van der Waals surface area contributed by atoms with Gasteiger partial charge in [-0.3, -0.25) is 0 Å².